The third kappa shape index (κ3) is 3.86. The van der Waals surface area contributed by atoms with E-state index in [-0.39, 0.29) is 0 Å². The van der Waals surface area contributed by atoms with Crippen molar-refractivity contribution in [1.82, 2.24) is 4.31 Å². The third-order valence-corrected chi connectivity index (χ3v) is 5.79. The fourth-order valence-electron chi connectivity index (χ4n) is 2.89. The van der Waals surface area contributed by atoms with Crippen LogP contribution in [0.15, 0.2) is 47.9 Å². The van der Waals surface area contributed by atoms with Crippen LogP contribution in [-0.4, -0.2) is 33.5 Å². The van der Waals surface area contributed by atoms with E-state index in [1.165, 1.54) is 9.71 Å². The van der Waals surface area contributed by atoms with E-state index in [1.54, 1.807) is 20.3 Å². The number of hydrogen-bond donors (Lipinski definition) is 0. The maximum atomic E-state index is 12.6. The van der Waals surface area contributed by atoms with Crippen LogP contribution in [0.1, 0.15) is 16.7 Å². The topological polar surface area (TPSA) is 55.8 Å². The molecule has 0 N–H and O–H groups in total. The molecule has 0 unspecified atom stereocenters. The number of methoxy groups -OCH3 is 2. The van der Waals surface area contributed by atoms with E-state index < -0.39 is 10.0 Å². The Morgan fingerprint density at radius 1 is 1.00 bits per heavy atom. The lowest BCUT2D eigenvalue weighted by Crippen LogP contribution is -2.34. The van der Waals surface area contributed by atoms with Crippen molar-refractivity contribution in [1.29, 1.82) is 0 Å². The summed E-state index contributed by atoms with van der Waals surface area (Å²) in [4.78, 5) is 0. The summed E-state index contributed by atoms with van der Waals surface area (Å²) in [6.07, 6.45) is 2.27. The minimum absolute atomic E-state index is 0.331. The van der Waals surface area contributed by atoms with Crippen LogP contribution in [0.5, 0.6) is 11.5 Å². The summed E-state index contributed by atoms with van der Waals surface area (Å²) in [6, 6.07) is 13.2. The Morgan fingerprint density at radius 3 is 2.28 bits per heavy atom. The second-order valence-corrected chi connectivity index (χ2v) is 7.64. The molecule has 0 amide bonds. The third-order valence-electron chi connectivity index (χ3n) is 4.27. The first-order valence-corrected chi connectivity index (χ1v) is 9.51. The molecule has 2 aromatic carbocycles. The molecule has 6 heteroatoms. The number of sulfonamides is 1. The van der Waals surface area contributed by atoms with Gasteiger partial charge < -0.3 is 9.47 Å². The summed E-state index contributed by atoms with van der Waals surface area (Å²) in [5.74, 6) is 1.28. The van der Waals surface area contributed by atoms with Gasteiger partial charge in [-0.1, -0.05) is 30.3 Å². The lowest BCUT2D eigenvalue weighted by Gasteiger charge is -2.27. The van der Waals surface area contributed by atoms with Gasteiger partial charge in [0, 0.05) is 18.5 Å². The molecule has 1 aliphatic rings. The molecule has 132 valence electrons. The first kappa shape index (κ1) is 17.5. The Morgan fingerprint density at radius 2 is 1.64 bits per heavy atom. The maximum absolute atomic E-state index is 12.6. The summed E-state index contributed by atoms with van der Waals surface area (Å²) < 4.78 is 37.4. The lowest BCUT2D eigenvalue weighted by molar-refractivity contribution is 0.349. The molecule has 0 saturated carbocycles. The van der Waals surface area contributed by atoms with Gasteiger partial charge in [0.25, 0.3) is 0 Å². The molecule has 2 aromatic rings. The van der Waals surface area contributed by atoms with Crippen molar-refractivity contribution in [2.24, 2.45) is 0 Å². The van der Waals surface area contributed by atoms with Crippen molar-refractivity contribution in [2.45, 2.75) is 13.0 Å². The normalized spacial score (nSPS) is 15.1. The Hall–Kier alpha value is -2.31. The highest BCUT2D eigenvalue weighted by Crippen LogP contribution is 2.33. The van der Waals surface area contributed by atoms with Crippen LogP contribution in [0.25, 0.3) is 6.08 Å². The molecule has 0 atom stereocenters. The molecule has 5 nitrogen and oxygen atoms in total. The highest BCUT2D eigenvalue weighted by atomic mass is 32.2. The second-order valence-electron chi connectivity index (χ2n) is 5.82. The Balaban J connectivity index is 1.83. The highest BCUT2D eigenvalue weighted by molar-refractivity contribution is 7.92. The quantitative estimate of drug-likeness (QED) is 0.823. The fourth-order valence-corrected chi connectivity index (χ4v) is 4.06. The van der Waals surface area contributed by atoms with Gasteiger partial charge in [-0.05, 0) is 41.3 Å². The Bertz CT molecular complexity index is 876. The van der Waals surface area contributed by atoms with Crippen molar-refractivity contribution < 1.29 is 17.9 Å². The second kappa shape index (κ2) is 7.29. The van der Waals surface area contributed by atoms with E-state index in [1.807, 2.05) is 42.5 Å². The van der Waals surface area contributed by atoms with Gasteiger partial charge in [0.2, 0.25) is 10.0 Å². The average Bonchev–Trinajstić information content (AvgIpc) is 2.65. The van der Waals surface area contributed by atoms with Gasteiger partial charge in [-0.25, -0.2) is 8.42 Å². The van der Waals surface area contributed by atoms with Gasteiger partial charge in [-0.3, -0.25) is 0 Å². The van der Waals surface area contributed by atoms with E-state index in [2.05, 4.69) is 0 Å². The molecule has 0 aromatic heterocycles. The van der Waals surface area contributed by atoms with Gasteiger partial charge in [0.05, 0.1) is 14.2 Å². The summed E-state index contributed by atoms with van der Waals surface area (Å²) in [5, 5.41) is 1.27. The van der Waals surface area contributed by atoms with Gasteiger partial charge in [0.15, 0.2) is 11.5 Å². The molecule has 0 radical (unpaired) electrons. The zero-order valence-electron chi connectivity index (χ0n) is 14.3. The van der Waals surface area contributed by atoms with Gasteiger partial charge in [0.1, 0.15) is 0 Å². The fraction of sp³-hybridized carbons (Fsp3) is 0.263. The smallest absolute Gasteiger partial charge is 0.236 e. The van der Waals surface area contributed by atoms with Crippen LogP contribution in [0.4, 0.5) is 0 Å². The van der Waals surface area contributed by atoms with Gasteiger partial charge in [-0.2, -0.15) is 4.31 Å². The van der Waals surface area contributed by atoms with Crippen molar-refractivity contribution in [3.8, 4) is 11.5 Å². The number of nitrogens with zero attached hydrogens (tertiary/aromatic N) is 1. The minimum Gasteiger partial charge on any atom is -0.493 e. The Kier molecular flexibility index (Phi) is 5.11. The largest absolute Gasteiger partial charge is 0.493 e. The molecular formula is C19H21NO4S. The number of hydrogen-bond acceptors (Lipinski definition) is 4. The standard InChI is InChI=1S/C19H21NO4S/c1-23-18-12-16-8-10-20(14-17(16)13-19(18)24-2)25(21,22)11-9-15-6-4-3-5-7-15/h3-7,9,11-13H,8,10,14H2,1-2H3/b11-9+. The van der Waals surface area contributed by atoms with Crippen LogP contribution < -0.4 is 9.47 Å². The summed E-state index contributed by atoms with van der Waals surface area (Å²) in [5.41, 5.74) is 2.90. The van der Waals surface area contributed by atoms with Crippen molar-refractivity contribution in [2.75, 3.05) is 20.8 Å². The zero-order valence-corrected chi connectivity index (χ0v) is 15.1. The molecule has 0 aliphatic carbocycles. The molecular weight excluding hydrogens is 338 g/mol. The molecule has 1 aliphatic heterocycles. The van der Waals surface area contributed by atoms with Crippen LogP contribution in [0.3, 0.4) is 0 Å². The lowest BCUT2D eigenvalue weighted by atomic mass is 10.0. The number of benzene rings is 2. The maximum Gasteiger partial charge on any atom is 0.236 e. The molecule has 1 heterocycles. The highest BCUT2D eigenvalue weighted by Gasteiger charge is 2.26. The van der Waals surface area contributed by atoms with E-state index in [4.69, 9.17) is 9.47 Å². The first-order valence-electron chi connectivity index (χ1n) is 8.00. The summed E-state index contributed by atoms with van der Waals surface area (Å²) >= 11 is 0. The van der Waals surface area contributed by atoms with Crippen molar-refractivity contribution >= 4 is 16.1 Å². The average molecular weight is 359 g/mol. The van der Waals surface area contributed by atoms with Crippen LogP contribution >= 0.6 is 0 Å². The molecule has 0 spiro atoms. The van der Waals surface area contributed by atoms with E-state index in [0.29, 0.717) is 31.0 Å². The summed E-state index contributed by atoms with van der Waals surface area (Å²) in [6.45, 7) is 0.779. The number of ether oxygens (including phenoxy) is 2. The zero-order chi connectivity index (χ0) is 17.9. The van der Waals surface area contributed by atoms with Gasteiger partial charge in [-0.15, -0.1) is 0 Å². The van der Waals surface area contributed by atoms with Crippen LogP contribution in [0, 0.1) is 0 Å². The first-order chi connectivity index (χ1) is 12.0. The minimum atomic E-state index is -3.48. The molecule has 25 heavy (non-hydrogen) atoms. The molecule has 3 rings (SSSR count). The predicted octanol–water partition coefficient (Wildman–Crippen LogP) is 3.06. The monoisotopic (exact) mass is 359 g/mol. The van der Waals surface area contributed by atoms with Gasteiger partial charge >= 0.3 is 0 Å². The molecule has 0 fully saturated rings. The predicted molar refractivity (Wildman–Crippen MR) is 98.1 cm³/mol. The molecule has 0 saturated heterocycles. The molecule has 0 bridgehead atoms. The Labute approximate surface area is 148 Å². The van der Waals surface area contributed by atoms with E-state index in [0.717, 1.165) is 16.7 Å². The van der Waals surface area contributed by atoms with Crippen LogP contribution in [-0.2, 0) is 23.0 Å². The van der Waals surface area contributed by atoms with Crippen molar-refractivity contribution in [3.63, 3.8) is 0 Å². The summed E-state index contributed by atoms with van der Waals surface area (Å²) in [7, 11) is -0.310. The number of rotatable bonds is 5. The van der Waals surface area contributed by atoms with Crippen molar-refractivity contribution in [3.05, 3.63) is 64.6 Å². The SMILES string of the molecule is COc1cc2c(cc1OC)CN(S(=O)(=O)/C=C/c1ccccc1)CC2. The van der Waals surface area contributed by atoms with E-state index >= 15 is 0 Å². The number of fused-ring (bicyclic) bond motifs is 1. The van der Waals surface area contributed by atoms with Crippen LogP contribution in [0.2, 0.25) is 0 Å². The van der Waals surface area contributed by atoms with E-state index in [9.17, 15) is 8.42 Å².